The Labute approximate surface area is 167 Å². The lowest BCUT2D eigenvalue weighted by Gasteiger charge is -2.14. The first kappa shape index (κ1) is 18.5. The molecule has 2 aromatic rings. The summed E-state index contributed by atoms with van der Waals surface area (Å²) in [4.78, 5) is 25.6. The summed E-state index contributed by atoms with van der Waals surface area (Å²) in [5.41, 5.74) is 6.26. The maximum Gasteiger partial charge on any atom is 0.342 e. The molecule has 4 rings (SSSR count). The summed E-state index contributed by atoms with van der Waals surface area (Å²) in [6.07, 6.45) is 3.22. The molecule has 0 atom stereocenters. The third kappa shape index (κ3) is 3.62. The van der Waals surface area contributed by atoms with Crippen LogP contribution in [0, 0.1) is 6.92 Å². The number of aryl methyl sites for hydroxylation is 1. The van der Waals surface area contributed by atoms with Crippen LogP contribution in [-0.2, 0) is 4.74 Å². The van der Waals surface area contributed by atoms with E-state index in [-0.39, 0.29) is 17.7 Å². The quantitative estimate of drug-likeness (QED) is 0.530. The largest absolute Gasteiger partial charge is 0.462 e. The van der Waals surface area contributed by atoms with E-state index in [4.69, 9.17) is 4.74 Å². The maximum atomic E-state index is 13.0. The summed E-state index contributed by atoms with van der Waals surface area (Å²) in [7, 11) is 0. The lowest BCUT2D eigenvalue weighted by molar-refractivity contribution is 0.0526. The third-order valence-electron chi connectivity index (χ3n) is 4.44. The van der Waals surface area contributed by atoms with Gasteiger partial charge in [0.15, 0.2) is 0 Å². The number of fused-ring (bicyclic) bond motifs is 1. The Hall–Kier alpha value is -3.87. The summed E-state index contributed by atoms with van der Waals surface area (Å²) in [6.45, 7) is 3.95. The van der Waals surface area contributed by atoms with Crippen molar-refractivity contribution in [1.82, 2.24) is 14.5 Å². The number of aromatic nitrogens is 3. The van der Waals surface area contributed by atoms with Crippen LogP contribution in [0.4, 0.5) is 5.69 Å². The highest BCUT2D eigenvalue weighted by atomic mass is 16.5. The summed E-state index contributed by atoms with van der Waals surface area (Å²) in [5, 5.41) is 4.41. The van der Waals surface area contributed by atoms with Gasteiger partial charge in [-0.1, -0.05) is 30.3 Å². The predicted molar refractivity (Wildman–Crippen MR) is 111 cm³/mol. The molecule has 146 valence electrons. The van der Waals surface area contributed by atoms with Crippen LogP contribution < -0.4 is 11.0 Å². The highest BCUT2D eigenvalue weighted by molar-refractivity contribution is 5.96. The minimum Gasteiger partial charge on any atom is -0.462 e. The van der Waals surface area contributed by atoms with Gasteiger partial charge in [-0.15, -0.1) is 0 Å². The van der Waals surface area contributed by atoms with Crippen molar-refractivity contribution in [2.75, 3.05) is 12.0 Å². The molecule has 7 heteroatoms. The average Bonchev–Trinajstić information content (AvgIpc) is 3.05. The molecule has 0 bridgehead atoms. The second-order valence-corrected chi connectivity index (χ2v) is 6.60. The standard InChI is InChI=1S/C22H20N4O3/c1-3-29-22(28)19-14-25(23-16-9-7-8-15(2)12-16)13-18-20(19)24-26(21(18)27)17-10-5-4-6-11-17/h4-14,23H,3H2,1-2H3. The van der Waals surface area contributed by atoms with Crippen molar-refractivity contribution in [1.29, 1.82) is 0 Å². The van der Waals surface area contributed by atoms with E-state index in [9.17, 15) is 9.59 Å². The maximum absolute atomic E-state index is 13.0. The Balaban J connectivity index is 1.88. The van der Waals surface area contributed by atoms with Gasteiger partial charge in [0.25, 0.3) is 5.56 Å². The van der Waals surface area contributed by atoms with Gasteiger partial charge in [0.2, 0.25) is 0 Å². The SMILES string of the molecule is CCOC(=O)c1cn(Nc2cccc(C)c2)cc2c(=O)n(-c3ccccc3)nc1-2. The highest BCUT2D eigenvalue weighted by Crippen LogP contribution is 2.23. The van der Waals surface area contributed by atoms with Crippen LogP contribution in [-0.4, -0.2) is 27.0 Å². The molecule has 1 N–H and O–H groups in total. The number of anilines is 1. The van der Waals surface area contributed by atoms with Gasteiger partial charge in [0.05, 0.1) is 23.5 Å². The molecule has 2 aliphatic heterocycles. The number of carbonyl (C=O) groups excluding carboxylic acids is 1. The number of esters is 1. The van der Waals surface area contributed by atoms with Crippen molar-refractivity contribution < 1.29 is 9.53 Å². The second kappa shape index (κ2) is 7.63. The van der Waals surface area contributed by atoms with Crippen LogP contribution in [0.1, 0.15) is 22.8 Å². The fourth-order valence-corrected chi connectivity index (χ4v) is 3.14. The Bertz CT molecular complexity index is 1190. The number of ether oxygens (including phenoxy) is 1. The molecule has 2 aliphatic rings. The summed E-state index contributed by atoms with van der Waals surface area (Å²) in [5.74, 6) is -0.532. The molecule has 2 heterocycles. The zero-order chi connectivity index (χ0) is 20.4. The van der Waals surface area contributed by atoms with E-state index in [1.807, 2.05) is 49.4 Å². The molecule has 2 aromatic carbocycles. The van der Waals surface area contributed by atoms with E-state index in [1.165, 1.54) is 4.68 Å². The number of hydrogen-bond acceptors (Lipinski definition) is 5. The van der Waals surface area contributed by atoms with Crippen LogP contribution in [0.25, 0.3) is 16.9 Å². The van der Waals surface area contributed by atoms with Gasteiger partial charge in [-0.2, -0.15) is 9.78 Å². The number of para-hydroxylation sites is 1. The molecule has 0 radical (unpaired) electrons. The topological polar surface area (TPSA) is 78.1 Å². The van der Waals surface area contributed by atoms with E-state index in [2.05, 4.69) is 10.5 Å². The fraction of sp³-hybridized carbons (Fsp3) is 0.136. The first-order valence-corrected chi connectivity index (χ1v) is 9.28. The minimum atomic E-state index is -0.532. The van der Waals surface area contributed by atoms with Gasteiger partial charge < -0.3 is 4.74 Å². The van der Waals surface area contributed by atoms with Crippen molar-refractivity contribution in [3.8, 4) is 16.9 Å². The number of rotatable bonds is 5. The average molecular weight is 388 g/mol. The number of nitrogens with zero attached hydrogens (tertiary/aromatic N) is 3. The van der Waals surface area contributed by atoms with Gasteiger partial charge in [0, 0.05) is 12.4 Å². The molecule has 0 unspecified atom stereocenters. The normalized spacial score (nSPS) is 10.8. The zero-order valence-corrected chi connectivity index (χ0v) is 16.1. The molecule has 0 saturated heterocycles. The number of pyridine rings is 1. The van der Waals surface area contributed by atoms with E-state index >= 15 is 0 Å². The predicted octanol–water partition coefficient (Wildman–Crippen LogP) is 3.50. The molecule has 0 spiro atoms. The number of carbonyl (C=O) groups is 1. The highest BCUT2D eigenvalue weighted by Gasteiger charge is 2.25. The zero-order valence-electron chi connectivity index (χ0n) is 16.1. The molecule has 0 aliphatic carbocycles. The molecule has 0 amide bonds. The van der Waals surface area contributed by atoms with E-state index in [1.54, 1.807) is 36.1 Å². The monoisotopic (exact) mass is 388 g/mol. The van der Waals surface area contributed by atoms with Gasteiger partial charge in [-0.3, -0.25) is 14.9 Å². The lowest BCUT2D eigenvalue weighted by atomic mass is 10.1. The van der Waals surface area contributed by atoms with Crippen LogP contribution in [0.2, 0.25) is 0 Å². The van der Waals surface area contributed by atoms with E-state index in [0.29, 0.717) is 16.9 Å². The molecule has 0 aromatic heterocycles. The first-order valence-electron chi connectivity index (χ1n) is 9.28. The fourth-order valence-electron chi connectivity index (χ4n) is 3.14. The van der Waals surface area contributed by atoms with Crippen molar-refractivity contribution in [3.05, 3.63) is 88.5 Å². The van der Waals surface area contributed by atoms with Gasteiger partial charge in [-0.05, 0) is 43.7 Å². The van der Waals surface area contributed by atoms with Crippen LogP contribution in [0.5, 0.6) is 0 Å². The van der Waals surface area contributed by atoms with Gasteiger partial charge in [-0.25, -0.2) is 4.79 Å². The van der Waals surface area contributed by atoms with Gasteiger partial charge >= 0.3 is 5.97 Å². The molecule has 29 heavy (non-hydrogen) atoms. The molecular weight excluding hydrogens is 368 g/mol. The van der Waals surface area contributed by atoms with E-state index < -0.39 is 5.97 Å². The van der Waals surface area contributed by atoms with Crippen molar-refractivity contribution >= 4 is 11.7 Å². The molecule has 0 fully saturated rings. The lowest BCUT2D eigenvalue weighted by Crippen LogP contribution is -2.18. The van der Waals surface area contributed by atoms with Crippen molar-refractivity contribution in [2.45, 2.75) is 13.8 Å². The first-order chi connectivity index (χ1) is 14.1. The summed E-state index contributed by atoms with van der Waals surface area (Å²) in [6, 6.07) is 16.9. The third-order valence-corrected chi connectivity index (χ3v) is 4.44. The van der Waals surface area contributed by atoms with Crippen LogP contribution >= 0.6 is 0 Å². The van der Waals surface area contributed by atoms with Crippen molar-refractivity contribution in [2.24, 2.45) is 0 Å². The number of nitrogens with one attached hydrogen (secondary N) is 1. The van der Waals surface area contributed by atoms with E-state index in [0.717, 1.165) is 11.3 Å². The van der Waals surface area contributed by atoms with Gasteiger partial charge in [0.1, 0.15) is 11.3 Å². The molecular formula is C22H20N4O3. The van der Waals surface area contributed by atoms with Crippen LogP contribution in [0.3, 0.4) is 0 Å². The Morgan fingerprint density at radius 1 is 1.10 bits per heavy atom. The second-order valence-electron chi connectivity index (χ2n) is 6.60. The molecule has 0 saturated carbocycles. The minimum absolute atomic E-state index is 0.219. The smallest absolute Gasteiger partial charge is 0.342 e. The Kier molecular flexibility index (Phi) is 4.87. The molecule has 7 nitrogen and oxygen atoms in total. The summed E-state index contributed by atoms with van der Waals surface area (Å²) < 4.78 is 8.06. The van der Waals surface area contributed by atoms with Crippen molar-refractivity contribution in [3.63, 3.8) is 0 Å². The Morgan fingerprint density at radius 3 is 2.62 bits per heavy atom. The number of benzene rings is 2. The number of hydrogen-bond donors (Lipinski definition) is 1. The van der Waals surface area contributed by atoms with Crippen LogP contribution in [0.15, 0.2) is 71.8 Å². The summed E-state index contributed by atoms with van der Waals surface area (Å²) >= 11 is 0. The Morgan fingerprint density at radius 2 is 1.90 bits per heavy atom.